The van der Waals surface area contributed by atoms with Crippen molar-refractivity contribution in [3.05, 3.63) is 12.2 Å². The number of carbonyl (C=O) groups is 1. The molecule has 0 rings (SSSR count). The highest BCUT2D eigenvalue weighted by molar-refractivity contribution is 7.61. The van der Waals surface area contributed by atoms with Crippen molar-refractivity contribution in [2.75, 3.05) is 13.2 Å². The van der Waals surface area contributed by atoms with Crippen LogP contribution in [0.5, 0.6) is 0 Å². The van der Waals surface area contributed by atoms with Crippen LogP contribution in [0.1, 0.15) is 33.1 Å². The minimum absolute atomic E-state index is 0.240. The molecule has 0 aromatic carbocycles. The summed E-state index contributed by atoms with van der Waals surface area (Å²) in [6.07, 6.45) is -0.655. The summed E-state index contributed by atoms with van der Waals surface area (Å²) < 4.78 is 35.9. The molecule has 0 heterocycles. The average Bonchev–Trinajstić information content (AvgIpc) is 2.22. The van der Waals surface area contributed by atoms with E-state index >= 15 is 0 Å². The molecule has 0 radical (unpaired) electrons. The SMILES string of the molecule is C=C(C)CCOP(=O)(O)OP(=O)(O)OCCC(C)(O)CC(=O)O. The average molecular weight is 376 g/mol. The summed E-state index contributed by atoms with van der Waals surface area (Å²) in [4.78, 5) is 29.1. The zero-order valence-electron chi connectivity index (χ0n) is 12.9. The molecule has 3 atom stereocenters. The molecule has 0 aliphatic rings. The van der Waals surface area contributed by atoms with Crippen molar-refractivity contribution in [1.82, 2.24) is 0 Å². The lowest BCUT2D eigenvalue weighted by Crippen LogP contribution is -2.29. The van der Waals surface area contributed by atoms with Crippen molar-refractivity contribution in [1.29, 1.82) is 0 Å². The van der Waals surface area contributed by atoms with Gasteiger partial charge in [-0.25, -0.2) is 9.13 Å². The number of aliphatic hydroxyl groups is 1. The van der Waals surface area contributed by atoms with Crippen LogP contribution in [0.15, 0.2) is 12.2 Å². The summed E-state index contributed by atoms with van der Waals surface area (Å²) in [5.74, 6) is -1.26. The normalized spacial score (nSPS) is 19.3. The molecule has 0 aliphatic heterocycles. The van der Waals surface area contributed by atoms with E-state index in [4.69, 9.17) is 5.11 Å². The van der Waals surface area contributed by atoms with E-state index in [1.54, 1.807) is 6.92 Å². The monoisotopic (exact) mass is 376 g/mol. The van der Waals surface area contributed by atoms with E-state index in [1.807, 2.05) is 0 Å². The number of carboxylic acids is 1. The summed E-state index contributed by atoms with van der Waals surface area (Å²) in [6.45, 7) is 5.60. The van der Waals surface area contributed by atoms with Crippen LogP contribution in [0.25, 0.3) is 0 Å². The Morgan fingerprint density at radius 3 is 2.09 bits per heavy atom. The minimum atomic E-state index is -4.92. The van der Waals surface area contributed by atoms with Gasteiger partial charge in [-0.2, -0.15) is 4.31 Å². The maximum absolute atomic E-state index is 11.5. The molecule has 0 saturated carbocycles. The van der Waals surface area contributed by atoms with E-state index in [0.29, 0.717) is 5.57 Å². The van der Waals surface area contributed by atoms with Gasteiger partial charge in [-0.1, -0.05) is 5.57 Å². The molecule has 3 unspecified atom stereocenters. The summed E-state index contributed by atoms with van der Waals surface area (Å²) >= 11 is 0. The third-order valence-corrected chi connectivity index (χ3v) is 5.09. The standard InChI is InChI=1S/C11H22O10P2/c1-9(2)4-6-19-22(15,16)21-23(17,18)20-7-5-11(3,14)8-10(12)13/h14H,1,4-8H2,2-3H3,(H,12,13)(H,15,16)(H,17,18). The van der Waals surface area contributed by atoms with Crippen LogP contribution in [0.4, 0.5) is 0 Å². The third kappa shape index (κ3) is 12.5. The molecule has 0 saturated heterocycles. The van der Waals surface area contributed by atoms with Crippen LogP contribution in [-0.4, -0.2) is 44.8 Å². The second kappa shape index (κ2) is 9.05. The Balaban J connectivity index is 4.37. The minimum Gasteiger partial charge on any atom is -0.481 e. The molecular weight excluding hydrogens is 354 g/mol. The van der Waals surface area contributed by atoms with Gasteiger partial charge in [0.1, 0.15) is 0 Å². The molecule has 0 amide bonds. The molecule has 0 aromatic rings. The Morgan fingerprint density at radius 1 is 1.17 bits per heavy atom. The van der Waals surface area contributed by atoms with Crippen LogP contribution >= 0.6 is 15.6 Å². The topological polar surface area (TPSA) is 160 Å². The summed E-state index contributed by atoms with van der Waals surface area (Å²) in [7, 11) is -9.73. The highest BCUT2D eigenvalue weighted by Gasteiger charge is 2.36. The molecule has 0 aromatic heterocycles. The molecule has 10 nitrogen and oxygen atoms in total. The number of hydrogen-bond acceptors (Lipinski definition) is 7. The van der Waals surface area contributed by atoms with Crippen molar-refractivity contribution in [2.24, 2.45) is 0 Å². The van der Waals surface area contributed by atoms with Crippen LogP contribution in [0.3, 0.4) is 0 Å². The van der Waals surface area contributed by atoms with Crippen LogP contribution in [0.2, 0.25) is 0 Å². The first-order valence-electron chi connectivity index (χ1n) is 6.49. The van der Waals surface area contributed by atoms with E-state index in [1.165, 1.54) is 6.92 Å². The van der Waals surface area contributed by atoms with Crippen molar-refractivity contribution < 1.29 is 47.3 Å². The number of phosphoric acid groups is 2. The molecule has 0 bridgehead atoms. The maximum atomic E-state index is 11.5. The van der Waals surface area contributed by atoms with Gasteiger partial charge in [-0.05, 0) is 20.3 Å². The van der Waals surface area contributed by atoms with Gasteiger partial charge in [0.25, 0.3) is 0 Å². The fourth-order valence-electron chi connectivity index (χ4n) is 1.31. The van der Waals surface area contributed by atoms with Crippen LogP contribution in [-0.2, 0) is 27.3 Å². The lowest BCUT2D eigenvalue weighted by molar-refractivity contribution is -0.142. The Bertz CT molecular complexity index is 515. The molecule has 12 heteroatoms. The summed E-state index contributed by atoms with van der Waals surface area (Å²) in [5, 5.41) is 18.2. The van der Waals surface area contributed by atoms with Crippen molar-refractivity contribution in [3.63, 3.8) is 0 Å². The van der Waals surface area contributed by atoms with Crippen LogP contribution in [0, 0.1) is 0 Å². The van der Waals surface area contributed by atoms with E-state index in [-0.39, 0.29) is 19.4 Å². The molecule has 23 heavy (non-hydrogen) atoms. The molecule has 4 N–H and O–H groups in total. The maximum Gasteiger partial charge on any atom is 0.481 e. The Kier molecular flexibility index (Phi) is 8.83. The molecule has 0 aliphatic carbocycles. The van der Waals surface area contributed by atoms with Gasteiger partial charge in [-0.3, -0.25) is 13.8 Å². The Morgan fingerprint density at radius 2 is 1.65 bits per heavy atom. The van der Waals surface area contributed by atoms with Crippen LogP contribution < -0.4 is 0 Å². The first-order valence-corrected chi connectivity index (χ1v) is 9.48. The number of hydrogen-bond donors (Lipinski definition) is 4. The van der Waals surface area contributed by atoms with Gasteiger partial charge in [0.05, 0.1) is 25.2 Å². The predicted octanol–water partition coefficient (Wildman–Crippen LogP) is 1.82. The molecule has 0 fully saturated rings. The fraction of sp³-hybridized carbons (Fsp3) is 0.727. The highest BCUT2D eigenvalue weighted by atomic mass is 31.3. The van der Waals surface area contributed by atoms with Gasteiger partial charge in [0.2, 0.25) is 0 Å². The number of phosphoric ester groups is 2. The highest BCUT2D eigenvalue weighted by Crippen LogP contribution is 2.60. The van der Waals surface area contributed by atoms with Crippen molar-refractivity contribution in [3.8, 4) is 0 Å². The zero-order valence-corrected chi connectivity index (χ0v) is 14.7. The van der Waals surface area contributed by atoms with E-state index < -0.39 is 40.2 Å². The van der Waals surface area contributed by atoms with E-state index in [9.17, 15) is 28.8 Å². The van der Waals surface area contributed by atoms with Gasteiger partial charge in [0.15, 0.2) is 0 Å². The Labute approximate surface area is 133 Å². The van der Waals surface area contributed by atoms with Gasteiger partial charge >= 0.3 is 21.6 Å². The van der Waals surface area contributed by atoms with Gasteiger partial charge < -0.3 is 20.0 Å². The van der Waals surface area contributed by atoms with Gasteiger partial charge in [-0.15, -0.1) is 6.58 Å². The van der Waals surface area contributed by atoms with E-state index in [0.717, 1.165) is 0 Å². The quantitative estimate of drug-likeness (QED) is 0.292. The smallest absolute Gasteiger partial charge is 0.481 e. The Hall–Kier alpha value is -0.570. The molecular formula is C11H22O10P2. The lowest BCUT2D eigenvalue weighted by atomic mass is 9.99. The fourth-order valence-corrected chi connectivity index (χ4v) is 3.37. The van der Waals surface area contributed by atoms with E-state index in [2.05, 4.69) is 19.9 Å². The second-order valence-corrected chi connectivity index (χ2v) is 8.25. The zero-order chi connectivity index (χ0) is 18.3. The largest absolute Gasteiger partial charge is 0.481 e. The second-order valence-electron chi connectivity index (χ2n) is 5.21. The third-order valence-electron chi connectivity index (χ3n) is 2.42. The number of aliphatic carboxylic acids is 1. The molecule has 136 valence electrons. The van der Waals surface area contributed by atoms with Crippen molar-refractivity contribution in [2.45, 2.75) is 38.7 Å². The first kappa shape index (κ1) is 22.4. The predicted molar refractivity (Wildman–Crippen MR) is 79.6 cm³/mol. The number of rotatable bonds is 12. The summed E-state index contributed by atoms with van der Waals surface area (Å²) in [6, 6.07) is 0. The summed E-state index contributed by atoms with van der Waals surface area (Å²) in [5.41, 5.74) is -0.999. The first-order chi connectivity index (χ1) is 10.2. The molecule has 0 spiro atoms. The van der Waals surface area contributed by atoms with Crippen molar-refractivity contribution >= 4 is 21.6 Å². The van der Waals surface area contributed by atoms with Gasteiger partial charge in [0, 0.05) is 6.42 Å². The number of carboxylic acid groups (broad SMARTS) is 1. The lowest BCUT2D eigenvalue weighted by Gasteiger charge is -2.21.